The number of non-ortho nitro benzene ring substituents is 1. The summed E-state index contributed by atoms with van der Waals surface area (Å²) in [5.74, 6) is -0.826. The van der Waals surface area contributed by atoms with E-state index >= 15 is 0 Å². The number of rotatable bonds is 6. The maximum atomic E-state index is 12.8. The van der Waals surface area contributed by atoms with Crippen LogP contribution in [0.2, 0.25) is 0 Å². The van der Waals surface area contributed by atoms with Crippen molar-refractivity contribution >= 4 is 28.9 Å². The molecule has 0 saturated carbocycles. The van der Waals surface area contributed by atoms with Gasteiger partial charge in [0.2, 0.25) is 5.91 Å². The average molecular weight is 370 g/mol. The fourth-order valence-corrected chi connectivity index (χ4v) is 2.53. The number of carbonyl (C=O) groups is 2. The molecule has 0 saturated heterocycles. The second kappa shape index (κ2) is 8.31. The van der Waals surface area contributed by atoms with E-state index in [1.165, 1.54) is 30.1 Å². The van der Waals surface area contributed by atoms with E-state index in [1.54, 1.807) is 31.1 Å². The Bertz CT molecular complexity index is 863. The van der Waals surface area contributed by atoms with Crippen molar-refractivity contribution in [1.82, 2.24) is 4.90 Å². The van der Waals surface area contributed by atoms with Gasteiger partial charge in [-0.05, 0) is 25.1 Å². The van der Waals surface area contributed by atoms with Crippen LogP contribution in [-0.2, 0) is 4.79 Å². The van der Waals surface area contributed by atoms with Crippen LogP contribution in [0.5, 0.6) is 0 Å². The first-order valence-electron chi connectivity index (χ1n) is 8.27. The van der Waals surface area contributed by atoms with Crippen molar-refractivity contribution in [2.24, 2.45) is 0 Å². The number of anilines is 2. The summed E-state index contributed by atoms with van der Waals surface area (Å²) in [7, 11) is 4.96. The number of nitrogens with one attached hydrogen (secondary N) is 1. The third-order valence-corrected chi connectivity index (χ3v) is 3.97. The van der Waals surface area contributed by atoms with E-state index in [1.807, 2.05) is 19.1 Å². The molecular formula is C19H22N4O4. The molecule has 2 aromatic rings. The van der Waals surface area contributed by atoms with Gasteiger partial charge in [0, 0.05) is 44.7 Å². The number of amides is 2. The Morgan fingerprint density at radius 1 is 1.07 bits per heavy atom. The minimum Gasteiger partial charge on any atom is -0.377 e. The molecule has 0 unspecified atom stereocenters. The van der Waals surface area contributed by atoms with Gasteiger partial charge in [0.15, 0.2) is 0 Å². The van der Waals surface area contributed by atoms with Crippen molar-refractivity contribution in [3.8, 4) is 0 Å². The minimum atomic E-state index is -0.555. The zero-order valence-corrected chi connectivity index (χ0v) is 15.7. The predicted molar refractivity (Wildman–Crippen MR) is 104 cm³/mol. The van der Waals surface area contributed by atoms with Gasteiger partial charge in [-0.3, -0.25) is 19.7 Å². The standard InChI is InChI=1S/C19H22N4O4/c1-13-5-7-14(8-6-13)20-18(24)12-22(4)19(25)16-11-15(23(26)27)9-10-17(16)21(2)3/h5-11H,12H2,1-4H3,(H,20,24). The van der Waals surface area contributed by atoms with Gasteiger partial charge in [0.25, 0.3) is 11.6 Å². The maximum Gasteiger partial charge on any atom is 0.270 e. The Labute approximate surface area is 157 Å². The van der Waals surface area contributed by atoms with Crippen LogP contribution >= 0.6 is 0 Å². The summed E-state index contributed by atoms with van der Waals surface area (Å²) in [6.07, 6.45) is 0. The number of nitro benzene ring substituents is 1. The number of benzene rings is 2. The molecule has 0 spiro atoms. The van der Waals surface area contributed by atoms with E-state index in [2.05, 4.69) is 5.32 Å². The monoisotopic (exact) mass is 370 g/mol. The van der Waals surface area contributed by atoms with E-state index in [0.29, 0.717) is 11.4 Å². The molecule has 0 atom stereocenters. The summed E-state index contributed by atoms with van der Waals surface area (Å²) in [4.78, 5) is 38.4. The summed E-state index contributed by atoms with van der Waals surface area (Å²) >= 11 is 0. The van der Waals surface area contributed by atoms with Crippen molar-refractivity contribution in [1.29, 1.82) is 0 Å². The molecule has 0 aliphatic carbocycles. The summed E-state index contributed by atoms with van der Waals surface area (Å²) in [5.41, 5.74) is 2.23. The lowest BCUT2D eigenvalue weighted by Crippen LogP contribution is -2.35. The zero-order valence-electron chi connectivity index (χ0n) is 15.7. The molecule has 0 aromatic heterocycles. The third-order valence-electron chi connectivity index (χ3n) is 3.97. The second-order valence-electron chi connectivity index (χ2n) is 6.43. The van der Waals surface area contributed by atoms with Crippen molar-refractivity contribution in [3.63, 3.8) is 0 Å². The Balaban J connectivity index is 2.16. The normalized spacial score (nSPS) is 10.2. The lowest BCUT2D eigenvalue weighted by molar-refractivity contribution is -0.384. The fraction of sp³-hybridized carbons (Fsp3) is 0.263. The highest BCUT2D eigenvalue weighted by atomic mass is 16.6. The Kier molecular flexibility index (Phi) is 6.12. The van der Waals surface area contributed by atoms with Gasteiger partial charge in [-0.1, -0.05) is 17.7 Å². The lowest BCUT2D eigenvalue weighted by Gasteiger charge is -2.21. The summed E-state index contributed by atoms with van der Waals surface area (Å²) < 4.78 is 0. The summed E-state index contributed by atoms with van der Waals surface area (Å²) in [6.45, 7) is 1.77. The van der Waals surface area contributed by atoms with Gasteiger partial charge in [0.05, 0.1) is 17.0 Å². The van der Waals surface area contributed by atoms with Crippen molar-refractivity contribution in [2.45, 2.75) is 6.92 Å². The van der Waals surface area contributed by atoms with E-state index in [4.69, 9.17) is 0 Å². The van der Waals surface area contributed by atoms with E-state index in [0.717, 1.165) is 5.56 Å². The van der Waals surface area contributed by atoms with Crippen molar-refractivity contribution in [3.05, 3.63) is 63.7 Å². The minimum absolute atomic E-state index is 0.167. The van der Waals surface area contributed by atoms with Gasteiger partial charge in [-0.2, -0.15) is 0 Å². The number of hydrogen-bond acceptors (Lipinski definition) is 5. The molecule has 27 heavy (non-hydrogen) atoms. The molecule has 2 aromatic carbocycles. The predicted octanol–water partition coefficient (Wildman–Crippen LogP) is 2.68. The van der Waals surface area contributed by atoms with Crippen LogP contribution in [0.4, 0.5) is 17.1 Å². The highest BCUT2D eigenvalue weighted by Crippen LogP contribution is 2.25. The Hall–Kier alpha value is -3.42. The highest BCUT2D eigenvalue weighted by Gasteiger charge is 2.22. The summed E-state index contributed by atoms with van der Waals surface area (Å²) in [5, 5.41) is 13.8. The van der Waals surface area contributed by atoms with E-state index < -0.39 is 10.8 Å². The molecule has 1 N–H and O–H groups in total. The molecule has 142 valence electrons. The SMILES string of the molecule is Cc1ccc(NC(=O)CN(C)C(=O)c2cc([N+](=O)[O-])ccc2N(C)C)cc1. The molecule has 0 aliphatic heterocycles. The molecule has 8 heteroatoms. The third kappa shape index (κ3) is 5.04. The molecule has 0 radical (unpaired) electrons. The van der Waals surface area contributed by atoms with E-state index in [-0.39, 0.29) is 23.7 Å². The Morgan fingerprint density at radius 2 is 1.70 bits per heavy atom. The second-order valence-corrected chi connectivity index (χ2v) is 6.43. The van der Waals surface area contributed by atoms with Gasteiger partial charge in [-0.25, -0.2) is 0 Å². The molecule has 0 aliphatic rings. The number of likely N-dealkylation sites (N-methyl/N-ethyl adjacent to an activating group) is 1. The van der Waals surface area contributed by atoms with E-state index in [9.17, 15) is 19.7 Å². The van der Waals surface area contributed by atoms with Crippen LogP contribution in [0, 0.1) is 17.0 Å². The van der Waals surface area contributed by atoms with Gasteiger partial charge in [0.1, 0.15) is 0 Å². The van der Waals surface area contributed by atoms with Crippen molar-refractivity contribution in [2.75, 3.05) is 37.9 Å². The molecule has 2 rings (SSSR count). The number of nitro groups is 1. The smallest absolute Gasteiger partial charge is 0.270 e. The van der Waals surface area contributed by atoms with Gasteiger partial charge < -0.3 is 15.1 Å². The van der Waals surface area contributed by atoms with Crippen LogP contribution in [0.15, 0.2) is 42.5 Å². The quantitative estimate of drug-likeness (QED) is 0.623. The average Bonchev–Trinajstić information content (AvgIpc) is 2.62. The first-order chi connectivity index (χ1) is 12.7. The molecular weight excluding hydrogens is 348 g/mol. The van der Waals surface area contributed by atoms with Crippen molar-refractivity contribution < 1.29 is 14.5 Å². The molecule has 0 bridgehead atoms. The molecule has 2 amide bonds. The van der Waals surface area contributed by atoms with Crippen LogP contribution in [0.1, 0.15) is 15.9 Å². The number of nitrogens with zero attached hydrogens (tertiary/aromatic N) is 3. The topological polar surface area (TPSA) is 95.8 Å². The van der Waals surface area contributed by atoms with Crippen LogP contribution in [0.25, 0.3) is 0 Å². The largest absolute Gasteiger partial charge is 0.377 e. The lowest BCUT2D eigenvalue weighted by atomic mass is 10.1. The number of aryl methyl sites for hydroxylation is 1. The Morgan fingerprint density at radius 3 is 2.26 bits per heavy atom. The molecule has 0 fully saturated rings. The van der Waals surface area contributed by atoms with Gasteiger partial charge >= 0.3 is 0 Å². The zero-order chi connectivity index (χ0) is 20.1. The molecule has 8 nitrogen and oxygen atoms in total. The van der Waals surface area contributed by atoms with Crippen LogP contribution in [-0.4, -0.2) is 49.3 Å². The number of hydrogen-bond donors (Lipinski definition) is 1. The first kappa shape index (κ1) is 19.9. The van der Waals surface area contributed by atoms with Crippen LogP contribution in [0.3, 0.4) is 0 Å². The maximum absolute atomic E-state index is 12.8. The molecule has 0 heterocycles. The van der Waals surface area contributed by atoms with Crippen LogP contribution < -0.4 is 10.2 Å². The first-order valence-corrected chi connectivity index (χ1v) is 8.27. The number of carbonyl (C=O) groups excluding carboxylic acids is 2. The summed E-state index contributed by atoms with van der Waals surface area (Å²) in [6, 6.07) is 11.4. The van der Waals surface area contributed by atoms with Gasteiger partial charge in [-0.15, -0.1) is 0 Å². The highest BCUT2D eigenvalue weighted by molar-refractivity contribution is 6.03. The fourth-order valence-electron chi connectivity index (χ4n) is 2.53.